The van der Waals surface area contributed by atoms with E-state index in [1.807, 2.05) is 139 Å². The first kappa shape index (κ1) is 109. The minimum Gasteiger partial charge on any atom is -0.508 e. The molecule has 5 aromatic rings. The smallest absolute Gasteiger partial charge is 0.325 e. The van der Waals surface area contributed by atoms with Gasteiger partial charge in [-0.2, -0.15) is 0 Å². The Kier molecular flexibility index (Phi) is 47.3. The van der Waals surface area contributed by atoms with E-state index in [2.05, 4.69) is 32.1 Å². The first-order chi connectivity index (χ1) is 63.1. The number of esters is 2. The molecular weight excluding hydrogens is 1700 g/mol. The summed E-state index contributed by atoms with van der Waals surface area (Å²) in [6.45, 7) is 24.2. The molecule has 132 heavy (non-hydrogen) atoms. The Bertz CT molecular complexity index is 4540. The van der Waals surface area contributed by atoms with Gasteiger partial charge in [-0.05, 0) is 182 Å². The maximum absolute atomic E-state index is 13.8. The molecule has 2 aliphatic carbocycles. The summed E-state index contributed by atoms with van der Waals surface area (Å²) in [5.41, 5.74) is 19.1. The summed E-state index contributed by atoms with van der Waals surface area (Å²) in [5, 5.41) is 29.8. The van der Waals surface area contributed by atoms with Crippen LogP contribution < -0.4 is 42.2 Å². The van der Waals surface area contributed by atoms with E-state index in [1.54, 1.807) is 39.8 Å². The standard InChI is InChI=1S/C31H45N3O7.C28H36N2O6.C18H21NO3.C12H19NO2.C9H16N2O4.CH3F.CH4/c1-20-8-9-23(16-26(20)35)14-24(17-27(36)21(2)32-28(37)18-34-10-12-40-13-11-34)30(39)33-25(15-22-6-4-5-7-22)29(38)31(3)19-41-31;1-20-9-10-23(16-26(20)36-19-22-7-5-4-6-8-22)15-24(28(33)34-3)17-25(31)21(2)29-27(32)18-30-11-13-35-14-12-30;1-13-8-9-15(10-16(19)18(20)21-2)11-17(13)22-12-14-6-4-3-5-7-14;1-12(8-15-12)11(14)10(13)7-9-5-3-2-4-6-9;1-7(9(13)14)10-8(12)6-11-2-4-15-5-3-11;1-2;/h8-9,16,21-22,24-25,35H,4-7,10-15,17-19H2,1-3H3,(H,32,37)(H,33,39);4-10,16,21,24H,11-15,17-19H2,1-3H3,(H,29,32);3-9,11,16H,10,12,19H2,1-2H3;5,10H,2-4,6-8,13H2,1H3;7H,2-6H2,1H3,(H,10,12)(H,13,14);1H3;1H4/t21-,24+,25-,31+;21-,24+;16-;10-,12+;7-;;/m00000../s1/i;;;;;1D;. The number of alkyl halides is 1. The molecule has 32 heteroatoms. The van der Waals surface area contributed by atoms with Crippen LogP contribution in [0.5, 0.6) is 17.2 Å². The van der Waals surface area contributed by atoms with Crippen molar-refractivity contribution in [2.24, 2.45) is 29.2 Å². The lowest BCUT2D eigenvalue weighted by Gasteiger charge is -2.27. The summed E-state index contributed by atoms with van der Waals surface area (Å²) in [6, 6.07) is 32.7. The second-order valence-electron chi connectivity index (χ2n) is 34.9. The first-order valence-corrected chi connectivity index (χ1v) is 45.4. The number of nitrogens with two attached hydrogens (primary N) is 2. The molecule has 728 valence electrons. The molecule has 0 bridgehead atoms. The molecule has 5 aliphatic heterocycles. The van der Waals surface area contributed by atoms with Crippen LogP contribution in [0.1, 0.15) is 165 Å². The highest BCUT2D eigenvalue weighted by atomic mass is 19.1. The van der Waals surface area contributed by atoms with Crippen molar-refractivity contribution in [3.8, 4) is 17.2 Å². The van der Waals surface area contributed by atoms with Gasteiger partial charge >= 0.3 is 17.9 Å². The van der Waals surface area contributed by atoms with Gasteiger partial charge in [-0.15, -0.1) is 0 Å². The minimum atomic E-state index is -1.02. The lowest BCUT2D eigenvalue weighted by atomic mass is 9.88. The van der Waals surface area contributed by atoms with E-state index in [4.69, 9.17) is 55.8 Å². The highest BCUT2D eigenvalue weighted by molar-refractivity contribution is 5.98. The molecule has 7 aliphatic rings. The maximum Gasteiger partial charge on any atom is 0.325 e. The molecule has 31 nitrogen and oxygen atoms in total. The van der Waals surface area contributed by atoms with Crippen LogP contribution in [0.15, 0.2) is 127 Å². The number of ether oxygens (including phenoxy) is 9. The molecule has 0 spiro atoms. The summed E-state index contributed by atoms with van der Waals surface area (Å²) >= 11 is 0. The van der Waals surface area contributed by atoms with Crippen molar-refractivity contribution in [3.05, 3.63) is 171 Å². The van der Waals surface area contributed by atoms with Crippen molar-refractivity contribution < 1.29 is 111 Å². The van der Waals surface area contributed by atoms with Crippen LogP contribution in [0.2, 0.25) is 0 Å². The number of carbonyl (C=O) groups is 11. The summed E-state index contributed by atoms with van der Waals surface area (Å²) in [7, 11) is 1.66. The molecule has 4 amide bonds. The number of methoxy groups -OCH3 is 2. The number of ketones is 4. The van der Waals surface area contributed by atoms with Gasteiger partial charge in [-0.1, -0.05) is 142 Å². The van der Waals surface area contributed by atoms with Gasteiger partial charge in [0.05, 0.1) is 125 Å². The van der Waals surface area contributed by atoms with E-state index in [0.29, 0.717) is 129 Å². The van der Waals surface area contributed by atoms with Crippen molar-refractivity contribution >= 4 is 64.7 Å². The Hall–Kier alpha value is -10.3. The third-order valence-electron chi connectivity index (χ3n) is 23.9. The summed E-state index contributed by atoms with van der Waals surface area (Å²) in [5.74, 6) is -2.97. The summed E-state index contributed by atoms with van der Waals surface area (Å²) < 4.78 is 63.3. The van der Waals surface area contributed by atoms with Crippen molar-refractivity contribution in [2.45, 2.75) is 220 Å². The molecular formula is C100H144FN9O22. The minimum absolute atomic E-state index is 0. The van der Waals surface area contributed by atoms with Crippen LogP contribution in [0.4, 0.5) is 4.39 Å². The number of hydrogen-bond acceptors (Lipinski definition) is 26. The number of aliphatic carboxylic acids is 1. The highest BCUT2D eigenvalue weighted by Gasteiger charge is 2.51. The second kappa shape index (κ2) is 57.3. The third kappa shape index (κ3) is 39.1. The van der Waals surface area contributed by atoms with Crippen molar-refractivity contribution in [1.29, 1.82) is 0 Å². The number of aryl methyl sites for hydroxylation is 3. The van der Waals surface area contributed by atoms with E-state index < -0.39 is 78.3 Å². The van der Waals surface area contributed by atoms with Gasteiger partial charge in [0, 0.05) is 58.0 Å². The molecule has 1 saturated carbocycles. The number of nitrogens with one attached hydrogen (secondary N) is 4. The van der Waals surface area contributed by atoms with E-state index >= 15 is 0 Å². The lowest BCUT2D eigenvalue weighted by Crippen LogP contribution is -2.50. The SMILES string of the molecule is C.COC(=O)[C@@H](CC(=O)[C@H](C)NC(=O)CN1CCOCC1)Cc1ccc(C)c(OCc2ccccc2)c1.COC(=O)[C@@H](N)Cc1ccc(C)c(OCc2ccccc2)c1.C[C@H](NC(=O)CN1CCOCC1)C(=O)O.C[C@]1(C(=O)[C@@H](N)CC2=CCCCC2)CO1.Cc1ccc(C[C@H](CC(=O)[C@H](C)NC(=O)CN2CCOCC2)C(=O)N[C@@H](CC2CCCC2)C(=O)[C@@]2(C)CO2)cc1O.[2H]CF. The van der Waals surface area contributed by atoms with Crippen LogP contribution in [-0.4, -0.2) is 270 Å². The Balaban J connectivity index is 0.000000267. The number of aromatic hydroxyl groups is 1. The van der Waals surface area contributed by atoms with Crippen LogP contribution in [0.3, 0.4) is 0 Å². The van der Waals surface area contributed by atoms with Gasteiger partial charge in [-0.3, -0.25) is 71.8 Å². The molecule has 0 radical (unpaired) electrons. The number of allylic oxidation sites excluding steroid dienone is 1. The third-order valence-corrected chi connectivity index (χ3v) is 23.9. The van der Waals surface area contributed by atoms with Gasteiger partial charge in [0.15, 0.2) is 23.1 Å². The average molecular weight is 1840 g/mol. The predicted molar refractivity (Wildman–Crippen MR) is 498 cm³/mol. The molecule has 0 aromatic heterocycles. The van der Waals surface area contributed by atoms with Crippen molar-refractivity contribution in [2.75, 3.05) is 133 Å². The number of Topliss-reactive ketones (excluding diaryl/α,β-unsaturated/α-hetero) is 4. The number of carboxylic acid groups (broad SMARTS) is 1. The molecule has 10 N–H and O–H groups in total. The second-order valence-corrected chi connectivity index (χ2v) is 34.9. The number of hydrogen-bond donors (Lipinski definition) is 8. The van der Waals surface area contributed by atoms with Gasteiger partial charge < -0.3 is 85.6 Å². The van der Waals surface area contributed by atoms with E-state index in [0.717, 1.165) is 103 Å². The number of amides is 4. The zero-order chi connectivity index (χ0) is 96.3. The van der Waals surface area contributed by atoms with Gasteiger partial charge in [0.1, 0.15) is 53.7 Å². The molecule has 6 fully saturated rings. The van der Waals surface area contributed by atoms with Gasteiger partial charge in [0.25, 0.3) is 0 Å². The summed E-state index contributed by atoms with van der Waals surface area (Å²) in [4.78, 5) is 142. The first-order valence-electron chi connectivity index (χ1n) is 46.1. The molecule has 10 atom stereocenters. The number of epoxide rings is 2. The Labute approximate surface area is 779 Å². The van der Waals surface area contributed by atoms with Crippen molar-refractivity contribution in [3.63, 3.8) is 0 Å². The average Bonchev–Trinajstić information content (AvgIpc) is 1.59. The highest BCUT2D eigenvalue weighted by Crippen LogP contribution is 2.36. The molecule has 5 aromatic carbocycles. The predicted octanol–water partition coefficient (Wildman–Crippen LogP) is 9.09. The van der Waals surface area contributed by atoms with Gasteiger partial charge in [0.2, 0.25) is 23.6 Å². The lowest BCUT2D eigenvalue weighted by molar-refractivity contribution is -0.147. The van der Waals surface area contributed by atoms with Crippen molar-refractivity contribution in [1.82, 2.24) is 36.0 Å². The number of morpholine rings is 3. The number of nitrogens with zero attached hydrogens (tertiary/aromatic N) is 3. The molecule has 0 unspecified atom stereocenters. The zero-order valence-electron chi connectivity index (χ0n) is 78.9. The fourth-order valence-corrected chi connectivity index (χ4v) is 15.5. The van der Waals surface area contributed by atoms with E-state index in [1.165, 1.54) is 39.6 Å². The number of carbonyl (C=O) groups excluding carboxylic acids is 10. The van der Waals surface area contributed by atoms with E-state index in [9.17, 15) is 62.2 Å². The fraction of sp³-hybridized carbons (Fsp3) is 0.570. The topological polar surface area (TPSA) is 428 Å². The number of halogens is 1. The summed E-state index contributed by atoms with van der Waals surface area (Å²) in [6.07, 6.45) is 13.4. The van der Waals surface area contributed by atoms with Crippen LogP contribution >= 0.6 is 0 Å². The number of phenolic OH excluding ortho intramolecular Hbond substituents is 1. The fourth-order valence-electron chi connectivity index (χ4n) is 15.5. The number of rotatable bonds is 40. The molecule has 12 rings (SSSR count). The largest absolute Gasteiger partial charge is 0.508 e. The molecule has 5 saturated heterocycles. The molecule has 5 heterocycles. The number of phenols is 1. The monoisotopic (exact) mass is 1840 g/mol. The quantitative estimate of drug-likeness (QED) is 0.0103. The Morgan fingerprint density at radius 3 is 1.35 bits per heavy atom. The van der Waals surface area contributed by atoms with Crippen LogP contribution in [0.25, 0.3) is 0 Å². The number of benzene rings is 5. The number of carboxylic acids is 1. The van der Waals surface area contributed by atoms with Gasteiger partial charge in [-0.25, -0.2) is 0 Å². The van der Waals surface area contributed by atoms with Crippen LogP contribution in [0, 0.1) is 38.5 Å². The maximum atomic E-state index is 13.8. The van der Waals surface area contributed by atoms with E-state index in [-0.39, 0.29) is 105 Å². The Morgan fingerprint density at radius 1 is 0.523 bits per heavy atom. The van der Waals surface area contributed by atoms with Crippen LogP contribution in [-0.2, 0) is 118 Å². The normalized spacial score (nSPS) is 19.5. The zero-order valence-corrected chi connectivity index (χ0v) is 77.9. The Morgan fingerprint density at radius 2 is 0.932 bits per heavy atom.